The van der Waals surface area contributed by atoms with Crippen LogP contribution in [0.5, 0.6) is 5.75 Å². The predicted molar refractivity (Wildman–Crippen MR) is 127 cm³/mol. The molecule has 2 aromatic carbocycles. The molecule has 1 amide bonds. The van der Waals surface area contributed by atoms with E-state index in [2.05, 4.69) is 16.3 Å². The number of guanidine groups is 1. The average molecular weight is 471 g/mol. The number of methoxy groups -OCH3 is 1. The van der Waals surface area contributed by atoms with Crippen molar-refractivity contribution < 1.29 is 19.1 Å². The molecule has 0 bridgehead atoms. The van der Waals surface area contributed by atoms with Gasteiger partial charge in [0.15, 0.2) is 5.92 Å². The highest BCUT2D eigenvalue weighted by atomic mass is 35.5. The molecule has 0 saturated carbocycles. The zero-order valence-corrected chi connectivity index (χ0v) is 19.4. The number of carbonyl (C=O) groups is 2. The first kappa shape index (κ1) is 22.9. The van der Waals surface area contributed by atoms with E-state index in [1.165, 1.54) is 0 Å². The number of aliphatic imine (C=N–C) groups is 1. The summed E-state index contributed by atoms with van der Waals surface area (Å²) >= 11 is 6.03. The molecule has 2 aliphatic rings. The van der Waals surface area contributed by atoms with Crippen molar-refractivity contribution in [1.82, 2.24) is 10.2 Å². The van der Waals surface area contributed by atoms with Crippen molar-refractivity contribution in [1.29, 1.82) is 0 Å². The van der Waals surface area contributed by atoms with Crippen LogP contribution in [0.4, 0.5) is 5.69 Å². The number of anilines is 1. The second kappa shape index (κ2) is 10.1. The van der Waals surface area contributed by atoms with E-state index in [1.54, 1.807) is 38.3 Å². The lowest BCUT2D eigenvalue weighted by molar-refractivity contribution is -0.153. The zero-order valence-electron chi connectivity index (χ0n) is 18.7. The van der Waals surface area contributed by atoms with Crippen molar-refractivity contribution in [3.05, 3.63) is 59.1 Å². The van der Waals surface area contributed by atoms with Crippen LogP contribution < -0.4 is 15.0 Å². The molecular weight excluding hydrogens is 444 g/mol. The van der Waals surface area contributed by atoms with Crippen molar-refractivity contribution in [2.45, 2.75) is 13.0 Å². The Morgan fingerprint density at radius 3 is 2.48 bits per heavy atom. The molecular formula is C24H27ClN4O4. The molecule has 0 radical (unpaired) electrons. The quantitative estimate of drug-likeness (QED) is 0.534. The van der Waals surface area contributed by atoms with Crippen LogP contribution in [0.25, 0.3) is 0 Å². The Bertz CT molecular complexity index is 1040. The SMILES string of the molecule is CCOC(=O)[C@@H]1C(=O)NC(N2CCN(c3cccc(OC)c3)CC2)=N[C@H]1c1ccc(Cl)cc1. The Labute approximate surface area is 198 Å². The van der Waals surface area contributed by atoms with Gasteiger partial charge < -0.3 is 19.3 Å². The molecule has 1 fully saturated rings. The minimum absolute atomic E-state index is 0.193. The van der Waals surface area contributed by atoms with Gasteiger partial charge >= 0.3 is 5.97 Å². The fourth-order valence-electron chi connectivity index (χ4n) is 4.11. The first-order valence-corrected chi connectivity index (χ1v) is 11.3. The van der Waals surface area contributed by atoms with Crippen LogP contribution in [0.1, 0.15) is 18.5 Å². The van der Waals surface area contributed by atoms with Gasteiger partial charge in [0, 0.05) is 43.0 Å². The number of benzene rings is 2. The topological polar surface area (TPSA) is 83.5 Å². The predicted octanol–water partition coefficient (Wildman–Crippen LogP) is 2.88. The Morgan fingerprint density at radius 2 is 1.82 bits per heavy atom. The van der Waals surface area contributed by atoms with E-state index >= 15 is 0 Å². The molecule has 2 aromatic rings. The maximum Gasteiger partial charge on any atom is 0.321 e. The summed E-state index contributed by atoms with van der Waals surface area (Å²) in [5, 5.41) is 3.40. The van der Waals surface area contributed by atoms with Gasteiger partial charge in [-0.15, -0.1) is 0 Å². The van der Waals surface area contributed by atoms with Crippen molar-refractivity contribution in [3.8, 4) is 5.75 Å². The summed E-state index contributed by atoms with van der Waals surface area (Å²) in [6, 6.07) is 14.3. The maximum absolute atomic E-state index is 13.0. The van der Waals surface area contributed by atoms with Crippen LogP contribution >= 0.6 is 11.6 Å². The van der Waals surface area contributed by atoms with E-state index in [-0.39, 0.29) is 6.61 Å². The van der Waals surface area contributed by atoms with E-state index < -0.39 is 23.8 Å². The number of carbonyl (C=O) groups excluding carboxylic acids is 2. The molecule has 2 atom stereocenters. The highest BCUT2D eigenvalue weighted by molar-refractivity contribution is 6.30. The third kappa shape index (κ3) is 5.06. The molecule has 9 heteroatoms. The van der Waals surface area contributed by atoms with E-state index in [9.17, 15) is 9.59 Å². The minimum atomic E-state index is -1.05. The Kier molecular flexibility index (Phi) is 7.03. The molecule has 8 nitrogen and oxygen atoms in total. The van der Waals surface area contributed by atoms with E-state index in [1.807, 2.05) is 23.1 Å². The summed E-state index contributed by atoms with van der Waals surface area (Å²) in [6.07, 6.45) is 0. The maximum atomic E-state index is 13.0. The molecule has 0 unspecified atom stereocenters. The number of hydrogen-bond donors (Lipinski definition) is 1. The van der Waals surface area contributed by atoms with Crippen LogP contribution in [0.15, 0.2) is 53.5 Å². The minimum Gasteiger partial charge on any atom is -0.497 e. The molecule has 174 valence electrons. The van der Waals surface area contributed by atoms with Crippen LogP contribution in [0.2, 0.25) is 5.02 Å². The summed E-state index contributed by atoms with van der Waals surface area (Å²) in [4.78, 5) is 34.7. The van der Waals surface area contributed by atoms with Crippen LogP contribution in [0, 0.1) is 5.92 Å². The fourth-order valence-corrected chi connectivity index (χ4v) is 4.24. The van der Waals surface area contributed by atoms with E-state index in [0.717, 1.165) is 30.1 Å². The smallest absolute Gasteiger partial charge is 0.321 e. The van der Waals surface area contributed by atoms with Gasteiger partial charge in [0.1, 0.15) is 11.8 Å². The number of piperazine rings is 1. The number of nitrogens with zero attached hydrogens (tertiary/aromatic N) is 3. The van der Waals surface area contributed by atoms with Gasteiger partial charge in [-0.3, -0.25) is 14.9 Å². The van der Waals surface area contributed by atoms with Crippen LogP contribution in [-0.4, -0.2) is 62.6 Å². The highest BCUT2D eigenvalue weighted by Gasteiger charge is 2.42. The summed E-state index contributed by atoms with van der Waals surface area (Å²) in [6.45, 7) is 4.77. The highest BCUT2D eigenvalue weighted by Crippen LogP contribution is 2.32. The lowest BCUT2D eigenvalue weighted by Gasteiger charge is -2.39. The van der Waals surface area contributed by atoms with Crippen molar-refractivity contribution in [2.75, 3.05) is 44.8 Å². The van der Waals surface area contributed by atoms with Gasteiger partial charge in [0.2, 0.25) is 11.9 Å². The normalized spacial score (nSPS) is 20.7. The largest absolute Gasteiger partial charge is 0.497 e. The summed E-state index contributed by atoms with van der Waals surface area (Å²) in [5.41, 5.74) is 1.82. The number of ether oxygens (including phenoxy) is 2. The van der Waals surface area contributed by atoms with E-state index in [4.69, 9.17) is 26.1 Å². The molecule has 4 rings (SSSR count). The van der Waals surface area contributed by atoms with Crippen molar-refractivity contribution in [2.24, 2.45) is 10.9 Å². The van der Waals surface area contributed by atoms with Crippen LogP contribution in [-0.2, 0) is 14.3 Å². The van der Waals surface area contributed by atoms with Gasteiger partial charge in [0.25, 0.3) is 0 Å². The number of hydrogen-bond acceptors (Lipinski definition) is 7. The molecule has 2 heterocycles. The third-order valence-corrected chi connectivity index (χ3v) is 6.10. The summed E-state index contributed by atoms with van der Waals surface area (Å²) in [7, 11) is 1.65. The molecule has 33 heavy (non-hydrogen) atoms. The monoisotopic (exact) mass is 470 g/mol. The molecule has 0 spiro atoms. The molecule has 1 N–H and O–H groups in total. The average Bonchev–Trinajstić information content (AvgIpc) is 2.84. The second-order valence-corrected chi connectivity index (χ2v) is 8.28. The summed E-state index contributed by atoms with van der Waals surface area (Å²) in [5.74, 6) is -0.748. The number of nitrogens with one attached hydrogen (secondary N) is 1. The zero-order chi connectivity index (χ0) is 23.4. The van der Waals surface area contributed by atoms with Gasteiger partial charge in [-0.25, -0.2) is 4.99 Å². The summed E-state index contributed by atoms with van der Waals surface area (Å²) < 4.78 is 10.5. The standard InChI is InChI=1S/C24H27ClN4O4/c1-3-33-23(31)20-21(16-7-9-17(25)10-8-16)26-24(27-22(20)30)29-13-11-28(12-14-29)18-5-4-6-19(15-18)32-2/h4-10,15,20-21H,3,11-14H2,1-2H3,(H,26,27,30)/t20-,21-/m0/s1. The number of esters is 1. The van der Waals surface area contributed by atoms with E-state index in [0.29, 0.717) is 24.1 Å². The molecule has 0 aromatic heterocycles. The van der Waals surface area contributed by atoms with Crippen LogP contribution in [0.3, 0.4) is 0 Å². The Hall–Kier alpha value is -3.26. The lowest BCUT2D eigenvalue weighted by Crippen LogP contribution is -2.57. The fraction of sp³-hybridized carbons (Fsp3) is 0.375. The Balaban J connectivity index is 1.54. The molecule has 1 saturated heterocycles. The third-order valence-electron chi connectivity index (χ3n) is 5.84. The second-order valence-electron chi connectivity index (χ2n) is 7.84. The molecule has 0 aliphatic carbocycles. The molecule has 2 aliphatic heterocycles. The first-order chi connectivity index (χ1) is 16.0. The lowest BCUT2D eigenvalue weighted by atomic mass is 9.91. The van der Waals surface area contributed by atoms with Crippen molar-refractivity contribution >= 4 is 35.1 Å². The number of rotatable bonds is 5. The van der Waals surface area contributed by atoms with Crippen molar-refractivity contribution in [3.63, 3.8) is 0 Å². The van der Waals surface area contributed by atoms with Gasteiger partial charge in [-0.2, -0.15) is 0 Å². The van der Waals surface area contributed by atoms with Gasteiger partial charge in [-0.05, 0) is 36.8 Å². The first-order valence-electron chi connectivity index (χ1n) is 10.9. The number of amides is 1. The number of halogens is 1. The van der Waals surface area contributed by atoms with Gasteiger partial charge in [-0.1, -0.05) is 29.8 Å². The van der Waals surface area contributed by atoms with Gasteiger partial charge in [0.05, 0.1) is 13.7 Å². The Morgan fingerprint density at radius 1 is 1.12 bits per heavy atom.